The van der Waals surface area contributed by atoms with Gasteiger partial charge in [0.25, 0.3) is 0 Å². The number of imidazole rings is 1. The van der Waals surface area contributed by atoms with Crippen LogP contribution in [0.15, 0.2) is 12.7 Å². The van der Waals surface area contributed by atoms with Crippen molar-refractivity contribution >= 4 is 17.0 Å². The van der Waals surface area contributed by atoms with Gasteiger partial charge in [0.1, 0.15) is 24.6 Å². The van der Waals surface area contributed by atoms with Crippen LogP contribution in [-0.2, 0) is 4.74 Å². The van der Waals surface area contributed by atoms with Gasteiger partial charge in [-0.2, -0.15) is 0 Å². The molecule has 0 unspecified atom stereocenters. The first kappa shape index (κ1) is 22.8. The van der Waals surface area contributed by atoms with Crippen molar-refractivity contribution in [1.82, 2.24) is 19.5 Å². The fourth-order valence-electron chi connectivity index (χ4n) is 3.81. The Balaban J connectivity index is 1.49. The standard InChI is InChI=1S/C20H34N6O4/c21-9-7-5-3-1-2-4-6-8-10-22-18-15-19(24-12-23-18)26(13-25-15)20-17(29)16(28)14(11-27)30-20/h12-14,16-17,20,27-29H,1-11,21H2,(H,22,23,24)/t14-,16-,17-,20-/m1/s1. The minimum atomic E-state index is -1.18. The summed E-state index contributed by atoms with van der Waals surface area (Å²) in [6.45, 7) is 1.20. The maximum Gasteiger partial charge on any atom is 0.167 e. The van der Waals surface area contributed by atoms with Crippen LogP contribution in [0.25, 0.3) is 11.2 Å². The SMILES string of the molecule is NCCCCCCCCCCNc1ncnc2c1ncn2[C@@H]1O[C@H](CO)[C@@H](O)[C@H]1O. The summed E-state index contributed by atoms with van der Waals surface area (Å²) in [7, 11) is 0. The molecule has 2 aromatic heterocycles. The Hall–Kier alpha value is -1.85. The zero-order valence-corrected chi connectivity index (χ0v) is 17.4. The number of nitrogens with one attached hydrogen (secondary N) is 1. The summed E-state index contributed by atoms with van der Waals surface area (Å²) in [5.74, 6) is 0.632. The average molecular weight is 423 g/mol. The second kappa shape index (κ2) is 11.5. The van der Waals surface area contributed by atoms with Crippen molar-refractivity contribution in [2.75, 3.05) is 25.0 Å². The lowest BCUT2D eigenvalue weighted by molar-refractivity contribution is -0.0511. The topological polar surface area (TPSA) is 152 Å². The van der Waals surface area contributed by atoms with Crippen molar-refractivity contribution in [2.45, 2.75) is 75.9 Å². The molecule has 0 bridgehead atoms. The summed E-state index contributed by atoms with van der Waals surface area (Å²) in [5.41, 5.74) is 6.58. The lowest BCUT2D eigenvalue weighted by Gasteiger charge is -2.16. The molecule has 10 nitrogen and oxygen atoms in total. The van der Waals surface area contributed by atoms with E-state index in [0.717, 1.165) is 32.4 Å². The van der Waals surface area contributed by atoms with Gasteiger partial charge in [0.15, 0.2) is 23.2 Å². The van der Waals surface area contributed by atoms with E-state index in [1.54, 1.807) is 4.57 Å². The minimum Gasteiger partial charge on any atom is -0.394 e. The first-order valence-electron chi connectivity index (χ1n) is 10.9. The number of aromatic nitrogens is 4. The molecule has 168 valence electrons. The normalized spacial score (nSPS) is 24.0. The first-order chi connectivity index (χ1) is 14.7. The van der Waals surface area contributed by atoms with Crippen LogP contribution in [-0.4, -0.2) is 72.8 Å². The molecule has 1 aliphatic rings. The van der Waals surface area contributed by atoms with E-state index < -0.39 is 24.5 Å². The van der Waals surface area contributed by atoms with Crippen molar-refractivity contribution in [3.8, 4) is 0 Å². The van der Waals surface area contributed by atoms with Crippen molar-refractivity contribution in [3.63, 3.8) is 0 Å². The van der Waals surface area contributed by atoms with Crippen LogP contribution in [0.1, 0.15) is 57.6 Å². The Kier molecular flexibility index (Phi) is 8.76. The van der Waals surface area contributed by atoms with E-state index >= 15 is 0 Å². The van der Waals surface area contributed by atoms with Crippen LogP contribution in [0.4, 0.5) is 5.82 Å². The van der Waals surface area contributed by atoms with Gasteiger partial charge in [-0.1, -0.05) is 38.5 Å². The molecule has 2 aromatic rings. The van der Waals surface area contributed by atoms with Gasteiger partial charge in [-0.15, -0.1) is 0 Å². The molecule has 10 heteroatoms. The molecule has 0 amide bonds. The number of rotatable bonds is 13. The number of fused-ring (bicyclic) bond motifs is 1. The first-order valence-corrected chi connectivity index (χ1v) is 10.9. The van der Waals surface area contributed by atoms with Gasteiger partial charge in [-0.25, -0.2) is 15.0 Å². The number of nitrogens with two attached hydrogens (primary N) is 1. The Labute approximate surface area is 176 Å². The molecule has 0 aliphatic carbocycles. The third kappa shape index (κ3) is 5.44. The van der Waals surface area contributed by atoms with Crippen LogP contribution in [0.3, 0.4) is 0 Å². The Bertz CT molecular complexity index is 773. The number of unbranched alkanes of at least 4 members (excludes halogenated alkanes) is 7. The minimum absolute atomic E-state index is 0.378. The van der Waals surface area contributed by atoms with Crippen molar-refractivity contribution in [1.29, 1.82) is 0 Å². The Morgan fingerprint density at radius 3 is 2.33 bits per heavy atom. The van der Waals surface area contributed by atoms with Crippen LogP contribution in [0.2, 0.25) is 0 Å². The molecule has 4 atom stereocenters. The van der Waals surface area contributed by atoms with E-state index in [9.17, 15) is 15.3 Å². The van der Waals surface area contributed by atoms with Crippen LogP contribution >= 0.6 is 0 Å². The molecule has 3 heterocycles. The molecule has 6 N–H and O–H groups in total. The highest BCUT2D eigenvalue weighted by atomic mass is 16.6. The Morgan fingerprint density at radius 2 is 1.67 bits per heavy atom. The highest BCUT2D eigenvalue weighted by Crippen LogP contribution is 2.32. The quantitative estimate of drug-likeness (QED) is 0.297. The molecule has 0 radical (unpaired) electrons. The molecule has 1 aliphatic heterocycles. The zero-order valence-electron chi connectivity index (χ0n) is 17.4. The fourth-order valence-corrected chi connectivity index (χ4v) is 3.81. The van der Waals surface area contributed by atoms with Gasteiger partial charge in [0.2, 0.25) is 0 Å². The number of hydrogen-bond donors (Lipinski definition) is 5. The molecule has 0 saturated carbocycles. The fraction of sp³-hybridized carbons (Fsp3) is 0.750. The lowest BCUT2D eigenvalue weighted by Crippen LogP contribution is -2.33. The number of aliphatic hydroxyl groups excluding tert-OH is 3. The zero-order chi connectivity index (χ0) is 21.3. The maximum atomic E-state index is 10.3. The maximum absolute atomic E-state index is 10.3. The molecular weight excluding hydrogens is 388 g/mol. The molecule has 1 fully saturated rings. The molecule has 30 heavy (non-hydrogen) atoms. The highest BCUT2D eigenvalue weighted by Gasteiger charge is 2.44. The van der Waals surface area contributed by atoms with Crippen molar-refractivity contribution in [3.05, 3.63) is 12.7 Å². The molecular formula is C20H34N6O4. The lowest BCUT2D eigenvalue weighted by atomic mass is 10.1. The predicted molar refractivity (Wildman–Crippen MR) is 113 cm³/mol. The average Bonchev–Trinajstić information content (AvgIpc) is 3.31. The number of aliphatic hydroxyl groups is 3. The number of hydrogen-bond acceptors (Lipinski definition) is 9. The van der Waals surface area contributed by atoms with Crippen molar-refractivity contribution in [2.24, 2.45) is 5.73 Å². The van der Waals surface area contributed by atoms with Gasteiger partial charge < -0.3 is 31.1 Å². The van der Waals surface area contributed by atoms with Gasteiger partial charge in [0, 0.05) is 6.54 Å². The van der Waals surface area contributed by atoms with Crippen LogP contribution in [0, 0.1) is 0 Å². The predicted octanol–water partition coefficient (Wildman–Crippen LogP) is 0.929. The third-order valence-electron chi connectivity index (χ3n) is 5.57. The van der Waals surface area contributed by atoms with Crippen LogP contribution < -0.4 is 11.1 Å². The van der Waals surface area contributed by atoms with Gasteiger partial charge in [-0.3, -0.25) is 4.57 Å². The van der Waals surface area contributed by atoms with Gasteiger partial charge >= 0.3 is 0 Å². The summed E-state index contributed by atoms with van der Waals surface area (Å²) >= 11 is 0. The summed E-state index contributed by atoms with van der Waals surface area (Å²) in [6, 6.07) is 0. The second-order valence-corrected chi connectivity index (χ2v) is 7.82. The van der Waals surface area contributed by atoms with Crippen molar-refractivity contribution < 1.29 is 20.1 Å². The van der Waals surface area contributed by atoms with Crippen LogP contribution in [0.5, 0.6) is 0 Å². The van der Waals surface area contributed by atoms with E-state index in [2.05, 4.69) is 20.3 Å². The summed E-state index contributed by atoms with van der Waals surface area (Å²) in [6.07, 6.45) is 8.49. The largest absolute Gasteiger partial charge is 0.394 e. The van der Waals surface area contributed by atoms with E-state index in [1.165, 1.54) is 44.8 Å². The van der Waals surface area contributed by atoms with Gasteiger partial charge in [-0.05, 0) is 19.4 Å². The highest BCUT2D eigenvalue weighted by molar-refractivity contribution is 5.82. The molecule has 1 saturated heterocycles. The van der Waals surface area contributed by atoms with E-state index in [4.69, 9.17) is 10.5 Å². The van der Waals surface area contributed by atoms with E-state index in [-0.39, 0.29) is 6.61 Å². The smallest absolute Gasteiger partial charge is 0.167 e. The number of anilines is 1. The number of nitrogens with zero attached hydrogens (tertiary/aromatic N) is 4. The number of ether oxygens (including phenoxy) is 1. The monoisotopic (exact) mass is 422 g/mol. The molecule has 0 spiro atoms. The summed E-state index contributed by atoms with van der Waals surface area (Å²) < 4.78 is 7.15. The molecule has 0 aromatic carbocycles. The van der Waals surface area contributed by atoms with E-state index in [0.29, 0.717) is 17.0 Å². The molecule has 3 rings (SSSR count). The summed E-state index contributed by atoms with van der Waals surface area (Å²) in [4.78, 5) is 12.9. The third-order valence-corrected chi connectivity index (χ3v) is 5.57. The van der Waals surface area contributed by atoms with E-state index in [1.807, 2.05) is 0 Å². The van der Waals surface area contributed by atoms with Gasteiger partial charge in [0.05, 0.1) is 12.9 Å². The Morgan fingerprint density at radius 1 is 0.967 bits per heavy atom. The summed E-state index contributed by atoms with van der Waals surface area (Å²) in [5, 5.41) is 32.9. The second-order valence-electron chi connectivity index (χ2n) is 7.82.